The molecule has 182 valence electrons. The van der Waals surface area contributed by atoms with Gasteiger partial charge < -0.3 is 14.8 Å². The van der Waals surface area contributed by atoms with Gasteiger partial charge in [0, 0.05) is 24.0 Å². The lowest BCUT2D eigenvalue weighted by Gasteiger charge is -2.28. The van der Waals surface area contributed by atoms with Crippen LogP contribution in [0.25, 0.3) is 11.3 Å². The zero-order chi connectivity index (χ0) is 25.0. The number of hydrogen-bond acceptors (Lipinski definition) is 5. The summed E-state index contributed by atoms with van der Waals surface area (Å²) in [5, 5.41) is 8.50. The van der Waals surface area contributed by atoms with Crippen LogP contribution in [0, 0.1) is 0 Å². The lowest BCUT2D eigenvalue weighted by Crippen LogP contribution is -2.27. The molecule has 1 aromatic heterocycles. The van der Waals surface area contributed by atoms with Gasteiger partial charge in [0.1, 0.15) is 5.25 Å². The summed E-state index contributed by atoms with van der Waals surface area (Å²) in [6.07, 6.45) is 1.68. The quantitative estimate of drug-likeness (QED) is 0.421. The molecule has 0 radical (unpaired) electrons. The van der Waals surface area contributed by atoms with Gasteiger partial charge in [-0.1, -0.05) is 39.8 Å². The SMILES string of the molecule is CC(C)c1cc(-c2ccn[nH]2)cc(C(C)C)c1C(C(=O)Nc1ccc(CN(C)C)cc1)S(=O)[O-]. The fraction of sp³-hybridized carbons (Fsp3) is 0.385. The predicted molar refractivity (Wildman–Crippen MR) is 136 cm³/mol. The van der Waals surface area contributed by atoms with Gasteiger partial charge in [0.15, 0.2) is 0 Å². The normalized spacial score (nSPS) is 13.5. The van der Waals surface area contributed by atoms with E-state index >= 15 is 0 Å². The Balaban J connectivity index is 2.04. The largest absolute Gasteiger partial charge is 0.771 e. The molecule has 0 fully saturated rings. The number of aromatic amines is 1. The molecule has 0 bridgehead atoms. The van der Waals surface area contributed by atoms with Crippen LogP contribution in [0.2, 0.25) is 0 Å². The summed E-state index contributed by atoms with van der Waals surface area (Å²) in [6, 6.07) is 13.3. The topological polar surface area (TPSA) is 101 Å². The molecule has 0 aliphatic heterocycles. The van der Waals surface area contributed by atoms with Crippen LogP contribution in [-0.4, -0.2) is 43.9 Å². The predicted octanol–water partition coefficient (Wildman–Crippen LogP) is 4.94. The maximum absolute atomic E-state index is 13.4. The first-order chi connectivity index (χ1) is 16.1. The summed E-state index contributed by atoms with van der Waals surface area (Å²) in [6.45, 7) is 8.80. The molecule has 8 heteroatoms. The Morgan fingerprint density at radius 2 is 1.65 bits per heavy atom. The molecule has 2 unspecified atom stereocenters. The van der Waals surface area contributed by atoms with Crippen molar-refractivity contribution in [2.45, 2.75) is 51.3 Å². The van der Waals surface area contributed by atoms with Crippen LogP contribution >= 0.6 is 0 Å². The van der Waals surface area contributed by atoms with Gasteiger partial charge in [-0.05, 0) is 89.6 Å². The van der Waals surface area contributed by atoms with E-state index in [4.69, 9.17) is 0 Å². The number of anilines is 1. The van der Waals surface area contributed by atoms with Crippen LogP contribution in [0.4, 0.5) is 5.69 Å². The average molecular weight is 482 g/mol. The maximum Gasteiger partial charge on any atom is 0.243 e. The number of carbonyl (C=O) groups excluding carboxylic acids is 1. The maximum atomic E-state index is 13.4. The van der Waals surface area contributed by atoms with E-state index in [0.717, 1.165) is 34.5 Å². The highest BCUT2D eigenvalue weighted by Crippen LogP contribution is 2.38. The summed E-state index contributed by atoms with van der Waals surface area (Å²) < 4.78 is 25.0. The lowest BCUT2D eigenvalue weighted by atomic mass is 9.84. The molecule has 34 heavy (non-hydrogen) atoms. The summed E-state index contributed by atoms with van der Waals surface area (Å²) in [7, 11) is 3.97. The average Bonchev–Trinajstić information content (AvgIpc) is 3.29. The Morgan fingerprint density at radius 1 is 1.06 bits per heavy atom. The van der Waals surface area contributed by atoms with Crippen LogP contribution in [0.1, 0.15) is 67.0 Å². The smallest absolute Gasteiger partial charge is 0.243 e. The molecule has 3 rings (SSSR count). The molecule has 1 amide bonds. The zero-order valence-electron chi connectivity index (χ0n) is 20.6. The highest BCUT2D eigenvalue weighted by molar-refractivity contribution is 7.80. The summed E-state index contributed by atoms with van der Waals surface area (Å²) >= 11 is -2.66. The third-order valence-corrected chi connectivity index (χ3v) is 6.55. The van der Waals surface area contributed by atoms with Crippen molar-refractivity contribution in [1.29, 1.82) is 0 Å². The number of benzene rings is 2. The fourth-order valence-corrected chi connectivity index (χ4v) is 4.81. The Bertz CT molecular complexity index is 1110. The van der Waals surface area contributed by atoms with Gasteiger partial charge in [-0.2, -0.15) is 5.10 Å². The number of carbonyl (C=O) groups is 1. The summed E-state index contributed by atoms with van der Waals surface area (Å²) in [5.41, 5.74) is 5.66. The summed E-state index contributed by atoms with van der Waals surface area (Å²) in [4.78, 5) is 15.4. The van der Waals surface area contributed by atoms with Crippen molar-refractivity contribution in [3.05, 3.63) is 70.9 Å². The van der Waals surface area contributed by atoms with Crippen LogP contribution in [-0.2, 0) is 22.4 Å². The van der Waals surface area contributed by atoms with E-state index in [9.17, 15) is 13.6 Å². The van der Waals surface area contributed by atoms with Crippen molar-refractivity contribution in [3.8, 4) is 11.3 Å². The molecule has 2 atom stereocenters. The zero-order valence-corrected chi connectivity index (χ0v) is 21.4. The molecular formula is C26H33N4O3S-. The molecule has 2 aromatic carbocycles. The van der Waals surface area contributed by atoms with Crippen LogP contribution in [0.15, 0.2) is 48.7 Å². The number of aromatic nitrogens is 2. The number of H-pyrrole nitrogens is 1. The molecule has 0 saturated carbocycles. The van der Waals surface area contributed by atoms with Gasteiger partial charge in [-0.15, -0.1) is 0 Å². The first kappa shape index (κ1) is 25.8. The van der Waals surface area contributed by atoms with Gasteiger partial charge in [-0.25, -0.2) is 0 Å². The van der Waals surface area contributed by atoms with E-state index in [1.807, 2.05) is 72.1 Å². The highest BCUT2D eigenvalue weighted by Gasteiger charge is 2.30. The molecule has 0 saturated heterocycles. The van der Waals surface area contributed by atoms with E-state index in [0.29, 0.717) is 11.3 Å². The second-order valence-corrected chi connectivity index (χ2v) is 10.4. The molecule has 2 N–H and O–H groups in total. The van der Waals surface area contributed by atoms with Gasteiger partial charge in [0.05, 0.1) is 5.69 Å². The van der Waals surface area contributed by atoms with Gasteiger partial charge >= 0.3 is 0 Å². The van der Waals surface area contributed by atoms with E-state index < -0.39 is 22.2 Å². The Morgan fingerprint density at radius 3 is 2.09 bits per heavy atom. The molecular weight excluding hydrogens is 448 g/mol. The van der Waals surface area contributed by atoms with E-state index in [2.05, 4.69) is 20.4 Å². The first-order valence-corrected chi connectivity index (χ1v) is 12.5. The second kappa shape index (κ2) is 11.1. The molecule has 7 nitrogen and oxygen atoms in total. The van der Waals surface area contributed by atoms with Crippen molar-refractivity contribution in [3.63, 3.8) is 0 Å². The van der Waals surface area contributed by atoms with E-state index in [-0.39, 0.29) is 11.8 Å². The molecule has 0 spiro atoms. The Labute approximate surface area is 204 Å². The number of hydrogen-bond donors (Lipinski definition) is 2. The number of rotatable bonds is 9. The third-order valence-electron chi connectivity index (χ3n) is 5.71. The third kappa shape index (κ3) is 6.00. The number of amides is 1. The highest BCUT2D eigenvalue weighted by atomic mass is 32.2. The summed E-state index contributed by atoms with van der Waals surface area (Å²) in [5.74, 6) is -0.536. The van der Waals surface area contributed by atoms with Crippen molar-refractivity contribution in [2.24, 2.45) is 0 Å². The first-order valence-electron chi connectivity index (χ1n) is 11.4. The molecule has 0 aliphatic carbocycles. The lowest BCUT2D eigenvalue weighted by molar-refractivity contribution is -0.116. The molecule has 1 heterocycles. The van der Waals surface area contributed by atoms with Gasteiger partial charge in [-0.3, -0.25) is 14.1 Å². The Hall–Kier alpha value is -2.81. The van der Waals surface area contributed by atoms with Crippen LogP contribution in [0.3, 0.4) is 0 Å². The second-order valence-electron chi connectivity index (χ2n) is 9.41. The minimum absolute atomic E-state index is 0.0135. The number of nitrogens with one attached hydrogen (secondary N) is 2. The van der Waals surface area contributed by atoms with Gasteiger partial charge in [0.2, 0.25) is 5.91 Å². The van der Waals surface area contributed by atoms with Crippen molar-refractivity contribution >= 4 is 22.7 Å². The Kier molecular flexibility index (Phi) is 8.41. The van der Waals surface area contributed by atoms with E-state index in [1.165, 1.54) is 0 Å². The van der Waals surface area contributed by atoms with Crippen molar-refractivity contribution < 1.29 is 13.6 Å². The van der Waals surface area contributed by atoms with E-state index in [1.54, 1.807) is 18.3 Å². The molecule has 0 aliphatic rings. The number of nitrogens with zero attached hydrogens (tertiary/aromatic N) is 2. The van der Waals surface area contributed by atoms with Gasteiger partial charge in [0.25, 0.3) is 0 Å². The van der Waals surface area contributed by atoms with Crippen LogP contribution < -0.4 is 5.32 Å². The van der Waals surface area contributed by atoms with Crippen molar-refractivity contribution in [1.82, 2.24) is 15.1 Å². The minimum atomic E-state index is -2.66. The minimum Gasteiger partial charge on any atom is -0.771 e. The van der Waals surface area contributed by atoms with Crippen LogP contribution in [0.5, 0.6) is 0 Å². The monoisotopic (exact) mass is 481 g/mol. The van der Waals surface area contributed by atoms with Crippen molar-refractivity contribution in [2.75, 3.05) is 19.4 Å². The fourth-order valence-electron chi connectivity index (χ4n) is 4.11. The standard InChI is InChI=1S/C26H34N4O3S/c1-16(2)21-13-19(23-11-12-27-29-23)14-22(17(3)4)24(21)25(34(32)33)26(31)28-20-9-7-18(8-10-20)15-30(5)6/h7-14,16-17,25H,15H2,1-6H3,(H,27,29)(H,28,31)(H,32,33)/p-1. The molecule has 3 aromatic rings.